The molecule has 0 N–H and O–H groups in total. The SMILES string of the molecule is O=Cn1ccn(C=O)c1=O. The van der Waals surface area contributed by atoms with Crippen molar-refractivity contribution in [3.05, 3.63) is 22.9 Å². The van der Waals surface area contributed by atoms with Crippen LogP contribution < -0.4 is 5.69 Å². The van der Waals surface area contributed by atoms with E-state index in [0.29, 0.717) is 12.8 Å². The maximum Gasteiger partial charge on any atom is 0.341 e. The van der Waals surface area contributed by atoms with Gasteiger partial charge < -0.3 is 0 Å². The topological polar surface area (TPSA) is 61.1 Å². The average molecular weight is 140 g/mol. The average Bonchev–Trinajstić information content (AvgIpc) is 2.30. The Hall–Kier alpha value is -1.65. The van der Waals surface area contributed by atoms with Crippen LogP contribution in [0.3, 0.4) is 0 Å². The van der Waals surface area contributed by atoms with E-state index in [1.807, 2.05) is 0 Å². The van der Waals surface area contributed by atoms with Gasteiger partial charge in [0.1, 0.15) is 0 Å². The van der Waals surface area contributed by atoms with Crippen LogP contribution in [-0.2, 0) is 9.59 Å². The molecule has 1 rings (SSSR count). The fourth-order valence-corrected chi connectivity index (χ4v) is 0.565. The van der Waals surface area contributed by atoms with Crippen LogP contribution >= 0.6 is 0 Å². The molecule has 1 aromatic heterocycles. The molecule has 0 spiro atoms. The minimum Gasteiger partial charge on any atom is -0.278 e. The summed E-state index contributed by atoms with van der Waals surface area (Å²) >= 11 is 0. The van der Waals surface area contributed by atoms with Crippen molar-refractivity contribution in [3.8, 4) is 0 Å². The highest BCUT2D eigenvalue weighted by Gasteiger charge is 1.97. The third-order valence-electron chi connectivity index (χ3n) is 1.06. The third-order valence-corrected chi connectivity index (χ3v) is 1.06. The van der Waals surface area contributed by atoms with Crippen LogP contribution in [0, 0.1) is 0 Å². The van der Waals surface area contributed by atoms with Gasteiger partial charge in [-0.1, -0.05) is 0 Å². The molecule has 0 aliphatic rings. The second-order valence-corrected chi connectivity index (χ2v) is 1.61. The van der Waals surface area contributed by atoms with E-state index in [-0.39, 0.29) is 0 Å². The van der Waals surface area contributed by atoms with Crippen molar-refractivity contribution in [2.24, 2.45) is 0 Å². The van der Waals surface area contributed by atoms with E-state index in [9.17, 15) is 14.4 Å². The van der Waals surface area contributed by atoms with Crippen molar-refractivity contribution >= 4 is 12.8 Å². The van der Waals surface area contributed by atoms with E-state index in [0.717, 1.165) is 9.13 Å². The van der Waals surface area contributed by atoms with Crippen LogP contribution in [0.15, 0.2) is 17.2 Å². The Labute approximate surface area is 55.5 Å². The molecular formula is C5H4N2O3. The molecule has 1 heterocycles. The smallest absolute Gasteiger partial charge is 0.278 e. The Kier molecular flexibility index (Phi) is 1.49. The van der Waals surface area contributed by atoms with Gasteiger partial charge in [0.15, 0.2) is 0 Å². The third kappa shape index (κ3) is 0.771. The quantitative estimate of drug-likeness (QED) is 0.481. The highest BCUT2D eigenvalue weighted by Crippen LogP contribution is 1.74. The largest absolute Gasteiger partial charge is 0.341 e. The van der Waals surface area contributed by atoms with Crippen LogP contribution in [0.25, 0.3) is 0 Å². The van der Waals surface area contributed by atoms with Crippen molar-refractivity contribution < 1.29 is 9.59 Å². The van der Waals surface area contributed by atoms with E-state index in [1.54, 1.807) is 0 Å². The molecule has 10 heavy (non-hydrogen) atoms. The molecule has 52 valence electrons. The predicted molar refractivity (Wildman–Crippen MR) is 33.0 cm³/mol. The molecule has 0 atom stereocenters. The fourth-order valence-electron chi connectivity index (χ4n) is 0.565. The van der Waals surface area contributed by atoms with E-state index in [2.05, 4.69) is 0 Å². The lowest BCUT2D eigenvalue weighted by Crippen LogP contribution is -2.23. The summed E-state index contributed by atoms with van der Waals surface area (Å²) in [7, 11) is 0. The number of hydrogen-bond acceptors (Lipinski definition) is 3. The lowest BCUT2D eigenvalue weighted by Gasteiger charge is -1.81. The highest BCUT2D eigenvalue weighted by atomic mass is 16.2. The molecule has 0 aliphatic carbocycles. The lowest BCUT2D eigenvalue weighted by atomic mass is 10.9. The summed E-state index contributed by atoms with van der Waals surface area (Å²) in [4.78, 5) is 30.7. The summed E-state index contributed by atoms with van der Waals surface area (Å²) in [6.07, 6.45) is 3.10. The Morgan fingerprint density at radius 1 is 1.10 bits per heavy atom. The van der Waals surface area contributed by atoms with Crippen LogP contribution in [0.4, 0.5) is 0 Å². The maximum atomic E-state index is 10.7. The number of imidazole rings is 1. The minimum absolute atomic E-state index is 0.336. The first-order valence-electron chi connectivity index (χ1n) is 2.49. The molecule has 0 amide bonds. The molecule has 0 aliphatic heterocycles. The Bertz CT molecular complexity index is 280. The van der Waals surface area contributed by atoms with Gasteiger partial charge in [0.05, 0.1) is 0 Å². The van der Waals surface area contributed by atoms with Crippen molar-refractivity contribution in [3.63, 3.8) is 0 Å². The van der Waals surface area contributed by atoms with Crippen LogP contribution in [-0.4, -0.2) is 22.0 Å². The zero-order chi connectivity index (χ0) is 7.56. The number of aromatic nitrogens is 2. The summed E-state index contributed by atoms with van der Waals surface area (Å²) < 4.78 is 1.54. The summed E-state index contributed by atoms with van der Waals surface area (Å²) in [5.41, 5.74) is -0.648. The molecule has 0 radical (unpaired) electrons. The van der Waals surface area contributed by atoms with E-state index < -0.39 is 5.69 Å². The van der Waals surface area contributed by atoms with Gasteiger partial charge in [-0.05, 0) is 0 Å². The van der Waals surface area contributed by atoms with Gasteiger partial charge in [0.25, 0.3) is 0 Å². The molecule has 0 fully saturated rings. The number of carbonyl (C=O) groups excluding carboxylic acids is 2. The van der Waals surface area contributed by atoms with Crippen molar-refractivity contribution in [1.29, 1.82) is 0 Å². The molecule has 1 aromatic rings. The van der Waals surface area contributed by atoms with Gasteiger partial charge >= 0.3 is 5.69 Å². The molecule has 0 saturated heterocycles. The Balaban J connectivity index is 3.34. The normalized spacial score (nSPS) is 9.20. The highest BCUT2D eigenvalue weighted by molar-refractivity contribution is 5.56. The first-order chi connectivity index (χ1) is 4.79. The second-order valence-electron chi connectivity index (χ2n) is 1.61. The second kappa shape index (κ2) is 2.30. The van der Waals surface area contributed by atoms with Crippen molar-refractivity contribution in [1.82, 2.24) is 9.13 Å². The van der Waals surface area contributed by atoms with Crippen LogP contribution in [0.1, 0.15) is 0 Å². The van der Waals surface area contributed by atoms with E-state index >= 15 is 0 Å². The zero-order valence-corrected chi connectivity index (χ0v) is 4.93. The first kappa shape index (κ1) is 6.47. The Morgan fingerprint density at radius 2 is 1.50 bits per heavy atom. The van der Waals surface area contributed by atoms with Gasteiger partial charge in [-0.3, -0.25) is 9.59 Å². The molecule has 0 bridgehead atoms. The first-order valence-corrected chi connectivity index (χ1v) is 2.49. The molecule has 0 unspecified atom stereocenters. The zero-order valence-electron chi connectivity index (χ0n) is 4.93. The summed E-state index contributed by atoms with van der Waals surface area (Å²) in [6, 6.07) is 0. The molecule has 0 aromatic carbocycles. The van der Waals surface area contributed by atoms with Gasteiger partial charge in [0, 0.05) is 12.4 Å². The number of rotatable bonds is 2. The molecule has 5 heteroatoms. The standard InChI is InChI=1S/C5H4N2O3/c8-3-6-1-2-7(4-9)5(6)10/h1-4H. The van der Waals surface area contributed by atoms with Gasteiger partial charge in [-0.25, -0.2) is 13.9 Å². The lowest BCUT2D eigenvalue weighted by molar-refractivity contribution is 0.540. The molecule has 5 nitrogen and oxygen atoms in total. The fraction of sp³-hybridized carbons (Fsp3) is 0. The summed E-state index contributed by atoms with van der Waals surface area (Å²) in [5, 5.41) is 0. The molecule has 0 saturated carbocycles. The van der Waals surface area contributed by atoms with Gasteiger partial charge in [0.2, 0.25) is 12.8 Å². The van der Waals surface area contributed by atoms with Crippen molar-refractivity contribution in [2.45, 2.75) is 0 Å². The Morgan fingerprint density at radius 3 is 1.70 bits per heavy atom. The van der Waals surface area contributed by atoms with Gasteiger partial charge in [-0.15, -0.1) is 0 Å². The van der Waals surface area contributed by atoms with E-state index in [4.69, 9.17) is 0 Å². The maximum absolute atomic E-state index is 10.7. The van der Waals surface area contributed by atoms with Gasteiger partial charge in [-0.2, -0.15) is 0 Å². The number of hydrogen-bond donors (Lipinski definition) is 0. The monoisotopic (exact) mass is 140 g/mol. The van der Waals surface area contributed by atoms with E-state index in [1.165, 1.54) is 12.4 Å². The van der Waals surface area contributed by atoms with Crippen LogP contribution in [0.2, 0.25) is 0 Å². The molecular weight excluding hydrogens is 136 g/mol. The van der Waals surface area contributed by atoms with Crippen LogP contribution in [0.5, 0.6) is 0 Å². The number of nitrogens with zero attached hydrogens (tertiary/aromatic N) is 2. The summed E-state index contributed by atoms with van der Waals surface area (Å²) in [6.45, 7) is 0. The predicted octanol–water partition coefficient (Wildman–Crippen LogP) is -1.27. The van der Waals surface area contributed by atoms with Crippen molar-refractivity contribution in [2.75, 3.05) is 0 Å². The number of carbonyl (C=O) groups is 2. The summed E-state index contributed by atoms with van der Waals surface area (Å²) in [5.74, 6) is 0. The minimum atomic E-state index is -0.648.